The molecule has 148 valence electrons. The highest BCUT2D eigenvalue weighted by molar-refractivity contribution is 7.98. The SMILES string of the molecule is COc1ccc(-c2nc(SCc3cccnc3)c3c(C)nc(C)n3n2)cc1OC. The highest BCUT2D eigenvalue weighted by Crippen LogP contribution is 2.33. The molecule has 4 rings (SSSR count). The number of hydrogen-bond acceptors (Lipinski definition) is 7. The lowest BCUT2D eigenvalue weighted by atomic mass is 10.2. The van der Waals surface area contributed by atoms with Crippen LogP contribution in [0.4, 0.5) is 0 Å². The number of fused-ring (bicyclic) bond motifs is 1. The zero-order valence-corrected chi connectivity index (χ0v) is 17.5. The number of hydrogen-bond donors (Lipinski definition) is 0. The molecule has 0 spiro atoms. The summed E-state index contributed by atoms with van der Waals surface area (Å²) in [5.74, 6) is 3.49. The molecule has 0 aliphatic carbocycles. The van der Waals surface area contributed by atoms with Gasteiger partial charge in [-0.2, -0.15) is 0 Å². The summed E-state index contributed by atoms with van der Waals surface area (Å²) in [4.78, 5) is 13.6. The van der Waals surface area contributed by atoms with E-state index < -0.39 is 0 Å². The first-order valence-corrected chi connectivity index (χ1v) is 10.1. The molecule has 0 bridgehead atoms. The van der Waals surface area contributed by atoms with Crippen molar-refractivity contribution in [1.29, 1.82) is 0 Å². The van der Waals surface area contributed by atoms with Crippen LogP contribution in [0.5, 0.6) is 11.5 Å². The normalized spacial score (nSPS) is 11.0. The minimum absolute atomic E-state index is 0.604. The maximum atomic E-state index is 5.44. The fourth-order valence-electron chi connectivity index (χ4n) is 3.13. The van der Waals surface area contributed by atoms with Crippen LogP contribution in [0.1, 0.15) is 17.1 Å². The quantitative estimate of drug-likeness (QED) is 0.445. The Bertz CT molecular complexity index is 1160. The number of aromatic nitrogens is 5. The molecule has 0 amide bonds. The Morgan fingerprint density at radius 3 is 2.59 bits per heavy atom. The lowest BCUT2D eigenvalue weighted by molar-refractivity contribution is 0.355. The van der Waals surface area contributed by atoms with E-state index >= 15 is 0 Å². The summed E-state index contributed by atoms with van der Waals surface area (Å²) in [5, 5.41) is 5.61. The van der Waals surface area contributed by atoms with Crippen molar-refractivity contribution in [1.82, 2.24) is 24.6 Å². The van der Waals surface area contributed by atoms with E-state index in [1.165, 1.54) is 0 Å². The van der Waals surface area contributed by atoms with E-state index in [1.807, 2.05) is 48.8 Å². The van der Waals surface area contributed by atoms with Gasteiger partial charge in [0.15, 0.2) is 17.3 Å². The number of benzene rings is 1. The highest BCUT2D eigenvalue weighted by Gasteiger charge is 2.17. The van der Waals surface area contributed by atoms with E-state index in [1.54, 1.807) is 32.2 Å². The smallest absolute Gasteiger partial charge is 0.181 e. The maximum Gasteiger partial charge on any atom is 0.181 e. The minimum atomic E-state index is 0.604. The van der Waals surface area contributed by atoms with Gasteiger partial charge in [-0.15, -0.1) is 5.10 Å². The van der Waals surface area contributed by atoms with Gasteiger partial charge in [0.1, 0.15) is 16.4 Å². The predicted octanol–water partition coefficient (Wildman–Crippen LogP) is 4.11. The molecule has 0 aliphatic rings. The fourth-order valence-corrected chi connectivity index (χ4v) is 4.12. The van der Waals surface area contributed by atoms with Gasteiger partial charge in [0.2, 0.25) is 0 Å². The van der Waals surface area contributed by atoms with Crippen molar-refractivity contribution in [3.05, 3.63) is 59.8 Å². The number of methoxy groups -OCH3 is 2. The second-order valence-electron chi connectivity index (χ2n) is 6.47. The number of nitrogens with zero attached hydrogens (tertiary/aromatic N) is 5. The van der Waals surface area contributed by atoms with Crippen molar-refractivity contribution < 1.29 is 9.47 Å². The van der Waals surface area contributed by atoms with Crippen molar-refractivity contribution in [2.75, 3.05) is 14.2 Å². The van der Waals surface area contributed by atoms with E-state index in [0.717, 1.165) is 38.9 Å². The summed E-state index contributed by atoms with van der Waals surface area (Å²) >= 11 is 1.65. The Morgan fingerprint density at radius 2 is 1.86 bits per heavy atom. The number of pyridine rings is 1. The number of rotatable bonds is 6. The van der Waals surface area contributed by atoms with Gasteiger partial charge in [-0.1, -0.05) is 17.8 Å². The summed E-state index contributed by atoms with van der Waals surface area (Å²) in [5.41, 5.74) is 3.82. The minimum Gasteiger partial charge on any atom is -0.493 e. The fraction of sp³-hybridized carbons (Fsp3) is 0.238. The predicted molar refractivity (Wildman–Crippen MR) is 113 cm³/mol. The van der Waals surface area contributed by atoms with E-state index in [2.05, 4.69) is 16.0 Å². The lowest BCUT2D eigenvalue weighted by Crippen LogP contribution is -2.03. The zero-order valence-electron chi connectivity index (χ0n) is 16.7. The summed E-state index contributed by atoms with van der Waals surface area (Å²) in [6, 6.07) is 9.67. The largest absolute Gasteiger partial charge is 0.493 e. The van der Waals surface area contributed by atoms with Crippen LogP contribution in [0.15, 0.2) is 47.8 Å². The summed E-state index contributed by atoms with van der Waals surface area (Å²) in [6.07, 6.45) is 3.64. The first kappa shape index (κ1) is 19.2. The standard InChI is InChI=1S/C21H21N5O2S/c1-13-19-21(29-12-15-6-5-9-22-11-15)24-20(25-26(19)14(2)23-13)16-7-8-17(27-3)18(10-16)28-4/h5-11H,12H2,1-4H3. The van der Waals surface area contributed by atoms with E-state index in [4.69, 9.17) is 19.6 Å². The second-order valence-corrected chi connectivity index (χ2v) is 7.43. The van der Waals surface area contributed by atoms with Crippen LogP contribution in [0.3, 0.4) is 0 Å². The van der Waals surface area contributed by atoms with Gasteiger partial charge in [-0.3, -0.25) is 4.98 Å². The Balaban J connectivity index is 1.80. The molecule has 1 aromatic carbocycles. The maximum absolute atomic E-state index is 5.44. The van der Waals surface area contributed by atoms with Crippen LogP contribution in [0, 0.1) is 13.8 Å². The molecule has 0 unspecified atom stereocenters. The number of imidazole rings is 1. The van der Waals surface area contributed by atoms with Crippen molar-refractivity contribution in [3.63, 3.8) is 0 Å². The Hall–Kier alpha value is -3.13. The Kier molecular flexibility index (Phi) is 5.35. The molecule has 0 saturated heterocycles. The molecule has 0 fully saturated rings. The van der Waals surface area contributed by atoms with Gasteiger partial charge in [0, 0.05) is 23.7 Å². The van der Waals surface area contributed by atoms with Gasteiger partial charge >= 0.3 is 0 Å². The Labute approximate surface area is 173 Å². The van der Waals surface area contributed by atoms with Crippen LogP contribution < -0.4 is 9.47 Å². The summed E-state index contributed by atoms with van der Waals surface area (Å²) in [6.45, 7) is 3.93. The van der Waals surface area contributed by atoms with Gasteiger partial charge in [0.05, 0.1) is 19.9 Å². The average molecular weight is 407 g/mol. The summed E-state index contributed by atoms with van der Waals surface area (Å²) < 4.78 is 12.6. The third-order valence-corrected chi connectivity index (χ3v) is 5.57. The molecule has 0 atom stereocenters. The molecule has 0 aliphatic heterocycles. The molecule has 3 aromatic heterocycles. The summed E-state index contributed by atoms with van der Waals surface area (Å²) in [7, 11) is 3.23. The molecule has 7 nitrogen and oxygen atoms in total. The monoisotopic (exact) mass is 407 g/mol. The molecular weight excluding hydrogens is 386 g/mol. The molecule has 29 heavy (non-hydrogen) atoms. The average Bonchev–Trinajstić information content (AvgIpc) is 3.05. The molecular formula is C21H21N5O2S. The van der Waals surface area contributed by atoms with Gasteiger partial charge in [0.25, 0.3) is 0 Å². The van der Waals surface area contributed by atoms with Crippen molar-refractivity contribution in [3.8, 4) is 22.9 Å². The van der Waals surface area contributed by atoms with Crippen LogP contribution in [0.2, 0.25) is 0 Å². The molecule has 0 radical (unpaired) electrons. The van der Waals surface area contributed by atoms with Crippen LogP contribution in [0.25, 0.3) is 16.9 Å². The van der Waals surface area contributed by atoms with Gasteiger partial charge in [-0.05, 0) is 43.7 Å². The lowest BCUT2D eigenvalue weighted by Gasteiger charge is -2.11. The van der Waals surface area contributed by atoms with Crippen molar-refractivity contribution >= 4 is 17.3 Å². The zero-order chi connectivity index (χ0) is 20.4. The van der Waals surface area contributed by atoms with Crippen LogP contribution in [-0.2, 0) is 5.75 Å². The molecule has 4 aromatic rings. The first-order chi connectivity index (χ1) is 14.1. The number of thioether (sulfide) groups is 1. The van der Waals surface area contributed by atoms with Gasteiger partial charge < -0.3 is 9.47 Å². The van der Waals surface area contributed by atoms with Crippen LogP contribution in [-0.4, -0.2) is 38.8 Å². The van der Waals surface area contributed by atoms with Gasteiger partial charge in [-0.25, -0.2) is 14.5 Å². The molecule has 0 N–H and O–H groups in total. The van der Waals surface area contributed by atoms with Crippen molar-refractivity contribution in [2.45, 2.75) is 24.6 Å². The highest BCUT2D eigenvalue weighted by atomic mass is 32.2. The number of ether oxygens (including phenoxy) is 2. The number of aryl methyl sites for hydroxylation is 2. The third-order valence-electron chi connectivity index (χ3n) is 4.54. The molecule has 0 saturated carbocycles. The van der Waals surface area contributed by atoms with E-state index in [0.29, 0.717) is 17.3 Å². The van der Waals surface area contributed by atoms with E-state index in [9.17, 15) is 0 Å². The Morgan fingerprint density at radius 1 is 1.03 bits per heavy atom. The van der Waals surface area contributed by atoms with E-state index in [-0.39, 0.29) is 0 Å². The molecule has 3 heterocycles. The van der Waals surface area contributed by atoms with Crippen LogP contribution >= 0.6 is 11.8 Å². The first-order valence-electron chi connectivity index (χ1n) is 9.08. The molecule has 8 heteroatoms. The third kappa shape index (κ3) is 3.75. The van der Waals surface area contributed by atoms with Crippen molar-refractivity contribution in [2.24, 2.45) is 0 Å². The second kappa shape index (κ2) is 8.08. The topological polar surface area (TPSA) is 74.4 Å².